The minimum absolute atomic E-state index is 0.0879. The van der Waals surface area contributed by atoms with Gasteiger partial charge in [-0.2, -0.15) is 0 Å². The number of nitrogens with two attached hydrogens (primary N) is 1. The van der Waals surface area contributed by atoms with Crippen LogP contribution in [0.1, 0.15) is 5.56 Å². The van der Waals surface area contributed by atoms with Crippen LogP contribution in [0, 0.1) is 11.6 Å². The summed E-state index contributed by atoms with van der Waals surface area (Å²) in [7, 11) is 4.50. The van der Waals surface area contributed by atoms with Crippen LogP contribution in [0.4, 0.5) is 20.2 Å². The molecule has 1 aliphatic heterocycles. The van der Waals surface area contributed by atoms with Crippen molar-refractivity contribution in [1.29, 1.82) is 0 Å². The molecule has 0 aliphatic carbocycles. The van der Waals surface area contributed by atoms with E-state index in [1.807, 2.05) is 0 Å². The Morgan fingerprint density at radius 2 is 1.84 bits per heavy atom. The number of fused-ring (bicyclic) bond motifs is 1. The second-order valence-corrected chi connectivity index (χ2v) is 4.10. The average Bonchev–Trinajstić information content (AvgIpc) is 2.65. The molecule has 1 aliphatic rings. The quantitative estimate of drug-likeness (QED) is 0.445. The van der Waals surface area contributed by atoms with Crippen LogP contribution in [0.2, 0.25) is 0 Å². The monoisotopic (exact) mass is 271 g/mol. The normalized spacial score (nSPS) is 16.9. The van der Waals surface area contributed by atoms with Gasteiger partial charge in [0.05, 0.1) is 0 Å². The van der Waals surface area contributed by atoms with Crippen LogP contribution >= 0.6 is 0 Å². The van der Waals surface area contributed by atoms with Crippen molar-refractivity contribution in [1.82, 2.24) is 16.1 Å². The molecule has 8 heteroatoms. The van der Waals surface area contributed by atoms with Gasteiger partial charge in [-0.1, -0.05) is 0 Å². The predicted molar refractivity (Wildman–Crippen MR) is 67.1 cm³/mol. The maximum atomic E-state index is 14.1. The second-order valence-electron chi connectivity index (χ2n) is 4.10. The Labute approximate surface area is 108 Å². The number of likely N-dealkylation sites (N-methyl/N-ethyl adjacent to an activating group) is 2. The van der Waals surface area contributed by atoms with Crippen molar-refractivity contribution in [3.8, 4) is 0 Å². The van der Waals surface area contributed by atoms with Crippen molar-refractivity contribution < 1.29 is 13.6 Å². The van der Waals surface area contributed by atoms with Crippen molar-refractivity contribution in [2.75, 3.05) is 31.9 Å². The van der Waals surface area contributed by atoms with Gasteiger partial charge in [0.15, 0.2) is 11.5 Å². The summed E-state index contributed by atoms with van der Waals surface area (Å²) in [6.07, 6.45) is 0. The molecule has 5 N–H and O–H groups in total. The second kappa shape index (κ2) is 4.41. The van der Waals surface area contributed by atoms with Crippen LogP contribution in [-0.2, 0) is 10.5 Å². The lowest BCUT2D eigenvalue weighted by Gasteiger charge is -2.27. The first-order valence-electron chi connectivity index (χ1n) is 5.62. The molecule has 19 heavy (non-hydrogen) atoms. The number of nitrogen functional groups attached to an aromatic ring is 1. The summed E-state index contributed by atoms with van der Waals surface area (Å²) in [5.74, 6) is -2.37. The Bertz CT molecular complexity index is 544. The number of anilines is 2. The number of nitrogens with one attached hydrogen (secondary N) is 3. The van der Waals surface area contributed by atoms with Gasteiger partial charge in [-0.05, 0) is 20.2 Å². The highest BCUT2D eigenvalue weighted by Crippen LogP contribution is 2.41. The van der Waals surface area contributed by atoms with Crippen molar-refractivity contribution in [2.24, 2.45) is 0 Å². The number of carbonyl (C=O) groups is 1. The first kappa shape index (κ1) is 13.7. The third-order valence-corrected chi connectivity index (χ3v) is 3.35. The third-order valence-electron chi connectivity index (χ3n) is 3.35. The summed E-state index contributed by atoms with van der Waals surface area (Å²) in [5, 5.41) is 6.50. The summed E-state index contributed by atoms with van der Waals surface area (Å²) in [6.45, 7) is 0. The topological polar surface area (TPSA) is 82.4 Å². The predicted octanol–water partition coefficient (Wildman–Crippen LogP) is -0.380. The molecule has 104 valence electrons. The highest BCUT2D eigenvalue weighted by atomic mass is 19.1. The fraction of sp³-hybridized carbons (Fsp3) is 0.364. The van der Waals surface area contributed by atoms with Crippen LogP contribution in [-0.4, -0.2) is 27.1 Å². The molecule has 0 spiro atoms. The Kier molecular flexibility index (Phi) is 3.17. The van der Waals surface area contributed by atoms with Crippen molar-refractivity contribution in [2.45, 2.75) is 5.66 Å². The van der Waals surface area contributed by atoms with Crippen molar-refractivity contribution in [3.05, 3.63) is 23.3 Å². The van der Waals surface area contributed by atoms with Crippen LogP contribution in [0.25, 0.3) is 0 Å². The smallest absolute Gasteiger partial charge is 0.281 e. The molecule has 1 aromatic rings. The summed E-state index contributed by atoms with van der Waals surface area (Å²) < 4.78 is 27.8. The van der Waals surface area contributed by atoms with Crippen LogP contribution < -0.4 is 26.8 Å². The number of hydrogen-bond donors (Lipinski definition) is 4. The number of rotatable bonds is 3. The number of hydrogen-bond acceptors (Lipinski definition) is 5. The molecule has 1 heterocycles. The lowest BCUT2D eigenvalue weighted by molar-refractivity contribution is -0.125. The van der Waals surface area contributed by atoms with E-state index in [9.17, 15) is 13.6 Å². The fourth-order valence-electron chi connectivity index (χ4n) is 2.33. The first-order chi connectivity index (χ1) is 8.94. The Balaban J connectivity index is 2.82. The van der Waals surface area contributed by atoms with Gasteiger partial charge in [-0.25, -0.2) is 19.2 Å². The van der Waals surface area contributed by atoms with E-state index in [0.29, 0.717) is 0 Å². The minimum Gasteiger partial charge on any atom is -0.394 e. The number of benzene rings is 1. The lowest BCUT2D eigenvalue weighted by Crippen LogP contribution is -2.59. The molecule has 0 radical (unpaired) electrons. The van der Waals surface area contributed by atoms with Gasteiger partial charge in [0.1, 0.15) is 17.2 Å². The van der Waals surface area contributed by atoms with E-state index in [2.05, 4.69) is 16.1 Å². The number of amides is 1. The highest BCUT2D eigenvalue weighted by molar-refractivity contribution is 6.07. The Hall–Kier alpha value is -1.77. The summed E-state index contributed by atoms with van der Waals surface area (Å²) in [4.78, 5) is 12.4. The first-order valence-corrected chi connectivity index (χ1v) is 5.62. The fourth-order valence-corrected chi connectivity index (χ4v) is 2.33. The average molecular weight is 271 g/mol. The zero-order valence-corrected chi connectivity index (χ0v) is 10.8. The van der Waals surface area contributed by atoms with E-state index in [-0.39, 0.29) is 11.3 Å². The number of carbonyl (C=O) groups excluding carboxylic acids is 1. The Morgan fingerprint density at radius 3 is 2.32 bits per heavy atom. The zero-order chi connectivity index (χ0) is 14.4. The lowest BCUT2D eigenvalue weighted by atomic mass is 10.00. The van der Waals surface area contributed by atoms with Gasteiger partial charge in [0, 0.05) is 12.6 Å². The van der Waals surface area contributed by atoms with Gasteiger partial charge < -0.3 is 5.73 Å². The molecule has 0 saturated heterocycles. The van der Waals surface area contributed by atoms with E-state index in [1.165, 1.54) is 21.1 Å². The van der Waals surface area contributed by atoms with E-state index in [1.54, 1.807) is 0 Å². The molecule has 6 nitrogen and oxygen atoms in total. The van der Waals surface area contributed by atoms with Gasteiger partial charge in [-0.3, -0.25) is 15.4 Å². The SMILES string of the molecule is CNN1C(=O)C(NC)(NC)c2cc(F)c(N)c(F)c21. The van der Waals surface area contributed by atoms with E-state index >= 15 is 0 Å². The molecule has 0 saturated carbocycles. The molecule has 0 bridgehead atoms. The van der Waals surface area contributed by atoms with Crippen molar-refractivity contribution >= 4 is 17.3 Å². The maximum absolute atomic E-state index is 14.1. The largest absolute Gasteiger partial charge is 0.394 e. The number of halogens is 2. The summed E-state index contributed by atoms with van der Waals surface area (Å²) in [5.41, 5.74) is 5.94. The van der Waals surface area contributed by atoms with Crippen molar-refractivity contribution in [3.63, 3.8) is 0 Å². The molecule has 0 aromatic heterocycles. The minimum atomic E-state index is -1.40. The summed E-state index contributed by atoms with van der Waals surface area (Å²) in [6, 6.07) is 1.05. The molecular weight excluding hydrogens is 256 g/mol. The van der Waals surface area contributed by atoms with Gasteiger partial charge in [0.2, 0.25) is 0 Å². The highest BCUT2D eigenvalue weighted by Gasteiger charge is 2.51. The number of nitrogens with zero attached hydrogens (tertiary/aromatic N) is 1. The molecule has 0 unspecified atom stereocenters. The van der Waals surface area contributed by atoms with E-state index in [0.717, 1.165) is 11.1 Å². The molecular formula is C11H15F2N5O. The maximum Gasteiger partial charge on any atom is 0.281 e. The third kappa shape index (κ3) is 1.54. The molecule has 0 atom stereocenters. The molecule has 1 amide bonds. The van der Waals surface area contributed by atoms with Gasteiger partial charge in [0.25, 0.3) is 5.91 Å². The van der Waals surface area contributed by atoms with Gasteiger partial charge >= 0.3 is 0 Å². The van der Waals surface area contributed by atoms with Crippen LogP contribution in [0.15, 0.2) is 6.07 Å². The summed E-state index contributed by atoms with van der Waals surface area (Å²) >= 11 is 0. The molecule has 0 fully saturated rings. The molecule has 2 rings (SSSR count). The van der Waals surface area contributed by atoms with Crippen LogP contribution in [0.3, 0.4) is 0 Å². The van der Waals surface area contributed by atoms with E-state index in [4.69, 9.17) is 5.73 Å². The van der Waals surface area contributed by atoms with E-state index < -0.39 is 28.9 Å². The Morgan fingerprint density at radius 1 is 1.26 bits per heavy atom. The standard InChI is InChI=1S/C11H15F2N5O/c1-15-11(16-2)5-4-6(12)8(14)7(13)9(5)18(17-3)10(11)19/h4,15-17H,14H2,1-3H3. The zero-order valence-electron chi connectivity index (χ0n) is 10.8. The molecule has 1 aromatic carbocycles. The van der Waals surface area contributed by atoms with Crippen LogP contribution in [0.5, 0.6) is 0 Å². The number of hydrazine groups is 1. The van der Waals surface area contributed by atoms with Gasteiger partial charge in [-0.15, -0.1) is 0 Å².